The van der Waals surface area contributed by atoms with Gasteiger partial charge in [0.2, 0.25) is 5.03 Å². The fourth-order valence-electron chi connectivity index (χ4n) is 2.29. The molecule has 10 heteroatoms. The minimum absolute atomic E-state index is 0.0549. The van der Waals surface area contributed by atoms with E-state index in [1.165, 1.54) is 17.1 Å². The first-order valence-electron chi connectivity index (χ1n) is 6.79. The monoisotopic (exact) mass is 345 g/mol. The molecule has 0 aromatic carbocycles. The van der Waals surface area contributed by atoms with E-state index in [0.717, 1.165) is 19.4 Å². The molecule has 1 saturated heterocycles. The molecule has 1 N–H and O–H groups in total. The van der Waals surface area contributed by atoms with E-state index in [2.05, 4.69) is 14.8 Å². The van der Waals surface area contributed by atoms with Gasteiger partial charge in [-0.1, -0.05) is 11.6 Å². The molecule has 1 aliphatic heterocycles. The lowest BCUT2D eigenvalue weighted by molar-refractivity contribution is 0.0940. The van der Waals surface area contributed by atoms with Gasteiger partial charge in [-0.2, -0.15) is 13.5 Å². The zero-order valence-electron chi connectivity index (χ0n) is 11.9. The van der Waals surface area contributed by atoms with Gasteiger partial charge >= 0.3 is 0 Å². The number of imidazole rings is 1. The first-order valence-corrected chi connectivity index (χ1v) is 8.65. The van der Waals surface area contributed by atoms with Crippen molar-refractivity contribution in [3.05, 3.63) is 23.9 Å². The Kier molecular flexibility index (Phi) is 4.11. The van der Waals surface area contributed by atoms with Crippen molar-refractivity contribution >= 4 is 27.3 Å². The minimum atomic E-state index is -3.84. The molecule has 0 spiro atoms. The molecule has 22 heavy (non-hydrogen) atoms. The Hall–Kier alpha value is -1.58. The van der Waals surface area contributed by atoms with Crippen molar-refractivity contribution in [3.63, 3.8) is 0 Å². The number of ether oxygens (including phenoxy) is 1. The van der Waals surface area contributed by atoms with Crippen LogP contribution in [0.5, 0.6) is 0 Å². The second-order valence-electron chi connectivity index (χ2n) is 5.14. The van der Waals surface area contributed by atoms with Gasteiger partial charge in [-0.15, -0.1) is 0 Å². The Morgan fingerprint density at radius 2 is 2.36 bits per heavy atom. The maximum Gasteiger partial charge on any atom is 0.282 e. The zero-order chi connectivity index (χ0) is 15.7. The number of hydrogen-bond donors (Lipinski definition) is 1. The van der Waals surface area contributed by atoms with E-state index in [4.69, 9.17) is 16.3 Å². The predicted octanol–water partition coefficient (Wildman–Crippen LogP) is 1.25. The Labute approximate surface area is 133 Å². The van der Waals surface area contributed by atoms with Gasteiger partial charge in [0.25, 0.3) is 10.0 Å². The number of sulfonamides is 1. The molecule has 1 unspecified atom stereocenters. The first kappa shape index (κ1) is 15.3. The lowest BCUT2D eigenvalue weighted by atomic mass is 10.2. The van der Waals surface area contributed by atoms with Gasteiger partial charge in [0.05, 0.1) is 30.9 Å². The standard InChI is InChI=1S/C12H16ClN5O3S/c1-17-8-14-12(11(17)13)22(19,20)16-9-5-15-18(6-9)7-10-3-2-4-21-10/h5-6,8,10,16H,2-4,7H2,1H3. The number of nitrogens with zero attached hydrogens (tertiary/aromatic N) is 4. The highest BCUT2D eigenvalue weighted by molar-refractivity contribution is 7.92. The summed E-state index contributed by atoms with van der Waals surface area (Å²) in [5.74, 6) is 0. The highest BCUT2D eigenvalue weighted by atomic mass is 35.5. The second kappa shape index (κ2) is 5.90. The molecule has 0 amide bonds. The quantitative estimate of drug-likeness (QED) is 0.880. The second-order valence-corrected chi connectivity index (χ2v) is 7.10. The maximum absolute atomic E-state index is 12.3. The van der Waals surface area contributed by atoms with Crippen LogP contribution < -0.4 is 4.72 Å². The van der Waals surface area contributed by atoms with Crippen molar-refractivity contribution in [3.8, 4) is 0 Å². The lowest BCUT2D eigenvalue weighted by Crippen LogP contribution is -2.15. The van der Waals surface area contributed by atoms with Crippen LogP contribution in [-0.4, -0.2) is 40.5 Å². The Bertz CT molecular complexity index is 764. The Balaban J connectivity index is 1.72. The summed E-state index contributed by atoms with van der Waals surface area (Å²) in [6.45, 7) is 1.37. The molecular weight excluding hydrogens is 330 g/mol. The van der Waals surface area contributed by atoms with Crippen LogP contribution in [0.15, 0.2) is 23.7 Å². The van der Waals surface area contributed by atoms with Crippen LogP contribution in [0.4, 0.5) is 5.69 Å². The average Bonchev–Trinajstić information content (AvgIpc) is 3.16. The Morgan fingerprint density at radius 1 is 1.55 bits per heavy atom. The molecule has 0 bridgehead atoms. The van der Waals surface area contributed by atoms with Crippen molar-refractivity contribution in [2.24, 2.45) is 7.05 Å². The van der Waals surface area contributed by atoms with Gasteiger partial charge < -0.3 is 9.30 Å². The van der Waals surface area contributed by atoms with E-state index in [-0.39, 0.29) is 16.3 Å². The molecule has 2 aromatic rings. The smallest absolute Gasteiger partial charge is 0.282 e. The molecule has 1 aliphatic rings. The normalized spacial score (nSPS) is 18.7. The van der Waals surface area contributed by atoms with Crippen molar-refractivity contribution in [1.29, 1.82) is 0 Å². The summed E-state index contributed by atoms with van der Waals surface area (Å²) in [5, 5.41) is 3.99. The highest BCUT2D eigenvalue weighted by Crippen LogP contribution is 2.22. The van der Waals surface area contributed by atoms with Crippen LogP contribution in [-0.2, 0) is 28.4 Å². The molecule has 2 aromatic heterocycles. The Morgan fingerprint density at radius 3 is 3.00 bits per heavy atom. The number of anilines is 1. The fraction of sp³-hybridized carbons (Fsp3) is 0.500. The lowest BCUT2D eigenvalue weighted by Gasteiger charge is -2.08. The first-order chi connectivity index (χ1) is 10.5. The topological polar surface area (TPSA) is 91.0 Å². The molecule has 1 fully saturated rings. The van der Waals surface area contributed by atoms with Crippen LogP contribution in [0.1, 0.15) is 12.8 Å². The van der Waals surface area contributed by atoms with Gasteiger partial charge in [0.1, 0.15) is 5.15 Å². The van der Waals surface area contributed by atoms with E-state index >= 15 is 0 Å². The van der Waals surface area contributed by atoms with E-state index in [9.17, 15) is 8.42 Å². The molecule has 0 aliphatic carbocycles. The molecule has 0 saturated carbocycles. The molecule has 1 atom stereocenters. The van der Waals surface area contributed by atoms with Crippen molar-refractivity contribution < 1.29 is 13.2 Å². The minimum Gasteiger partial charge on any atom is -0.376 e. The summed E-state index contributed by atoms with van der Waals surface area (Å²) in [7, 11) is -2.22. The number of rotatable bonds is 5. The molecule has 8 nitrogen and oxygen atoms in total. The molecular formula is C12H16ClN5O3S. The van der Waals surface area contributed by atoms with Crippen LogP contribution in [0, 0.1) is 0 Å². The number of nitrogens with one attached hydrogen (secondary N) is 1. The summed E-state index contributed by atoms with van der Waals surface area (Å²) in [5.41, 5.74) is 0.361. The van der Waals surface area contributed by atoms with Gasteiger partial charge in [0.15, 0.2) is 0 Å². The van der Waals surface area contributed by atoms with Gasteiger partial charge in [0, 0.05) is 19.9 Å². The van der Waals surface area contributed by atoms with Crippen molar-refractivity contribution in [1.82, 2.24) is 19.3 Å². The summed E-state index contributed by atoms with van der Waals surface area (Å²) in [6.07, 6.45) is 6.58. The number of aryl methyl sites for hydroxylation is 1. The largest absolute Gasteiger partial charge is 0.376 e. The highest BCUT2D eigenvalue weighted by Gasteiger charge is 2.23. The summed E-state index contributed by atoms with van der Waals surface area (Å²) < 4.78 is 35.5. The number of hydrogen-bond acceptors (Lipinski definition) is 5. The van der Waals surface area contributed by atoms with E-state index in [1.54, 1.807) is 17.9 Å². The van der Waals surface area contributed by atoms with Crippen LogP contribution in [0.25, 0.3) is 0 Å². The summed E-state index contributed by atoms with van der Waals surface area (Å²) >= 11 is 5.92. The van der Waals surface area contributed by atoms with Crippen molar-refractivity contribution in [2.45, 2.75) is 30.5 Å². The van der Waals surface area contributed by atoms with Gasteiger partial charge in [-0.05, 0) is 12.8 Å². The molecule has 3 heterocycles. The molecule has 120 valence electrons. The van der Waals surface area contributed by atoms with Crippen molar-refractivity contribution in [2.75, 3.05) is 11.3 Å². The predicted molar refractivity (Wildman–Crippen MR) is 80.2 cm³/mol. The van der Waals surface area contributed by atoms with Crippen LogP contribution >= 0.6 is 11.6 Å². The number of aromatic nitrogens is 4. The SMILES string of the molecule is Cn1cnc(S(=O)(=O)Nc2cnn(CC3CCCO3)c2)c1Cl. The van der Waals surface area contributed by atoms with Crippen LogP contribution in [0.3, 0.4) is 0 Å². The van der Waals surface area contributed by atoms with Gasteiger partial charge in [-0.3, -0.25) is 9.40 Å². The van der Waals surface area contributed by atoms with Crippen LogP contribution in [0.2, 0.25) is 5.15 Å². The molecule has 3 rings (SSSR count). The third kappa shape index (κ3) is 3.11. The summed E-state index contributed by atoms with van der Waals surface area (Å²) in [4.78, 5) is 3.81. The molecule has 0 radical (unpaired) electrons. The fourth-order valence-corrected chi connectivity index (χ4v) is 3.75. The van der Waals surface area contributed by atoms with E-state index in [1.807, 2.05) is 0 Å². The maximum atomic E-state index is 12.3. The average molecular weight is 346 g/mol. The summed E-state index contributed by atoms with van der Waals surface area (Å²) in [6, 6.07) is 0. The number of halogens is 1. The van der Waals surface area contributed by atoms with E-state index in [0.29, 0.717) is 12.2 Å². The third-order valence-electron chi connectivity index (χ3n) is 3.39. The third-order valence-corrected chi connectivity index (χ3v) is 5.26. The van der Waals surface area contributed by atoms with Gasteiger partial charge in [-0.25, -0.2) is 4.98 Å². The zero-order valence-corrected chi connectivity index (χ0v) is 13.5. The van der Waals surface area contributed by atoms with E-state index < -0.39 is 10.0 Å².